The molecule has 116 valence electrons. The minimum Gasteiger partial charge on any atom is -0.480 e. The Balaban J connectivity index is 2.09. The molecule has 1 aliphatic carbocycles. The third-order valence-electron chi connectivity index (χ3n) is 3.84. The molecule has 8 heteroatoms. The largest absolute Gasteiger partial charge is 0.480 e. The van der Waals surface area contributed by atoms with Crippen LogP contribution in [-0.2, 0) is 19.4 Å². The predicted octanol–water partition coefficient (Wildman–Crippen LogP) is 2.15. The molecule has 2 aromatic rings. The van der Waals surface area contributed by atoms with Gasteiger partial charge in [-0.05, 0) is 42.8 Å². The molecule has 22 heavy (non-hydrogen) atoms. The fourth-order valence-corrected chi connectivity index (χ4v) is 3.46. The van der Waals surface area contributed by atoms with Crippen LogP contribution in [0.4, 0.5) is 5.69 Å². The van der Waals surface area contributed by atoms with Crippen LogP contribution in [0.2, 0.25) is 0 Å². The minimum atomic E-state index is -0.596. The highest BCUT2D eigenvalue weighted by Crippen LogP contribution is 2.25. The van der Waals surface area contributed by atoms with Crippen LogP contribution in [0.15, 0.2) is 16.9 Å². The molecule has 0 bridgehead atoms. The molecule has 0 unspecified atom stereocenters. The number of hydrogen-bond acceptors (Lipinski definition) is 6. The first-order valence-corrected chi connectivity index (χ1v) is 7.77. The number of ether oxygens (including phenoxy) is 1. The monoisotopic (exact) mass is 321 g/mol. The number of nitro groups is 1. The first-order chi connectivity index (χ1) is 10.6. The van der Waals surface area contributed by atoms with Gasteiger partial charge in [-0.15, -0.1) is 0 Å². The molecule has 0 fully saturated rings. The van der Waals surface area contributed by atoms with Gasteiger partial charge in [0.15, 0.2) is 0 Å². The van der Waals surface area contributed by atoms with Gasteiger partial charge in [0.2, 0.25) is 5.88 Å². The minimum absolute atomic E-state index is 0.296. The van der Waals surface area contributed by atoms with E-state index in [1.54, 1.807) is 6.07 Å². The Hall–Kier alpha value is -2.22. The molecule has 0 amide bonds. The van der Waals surface area contributed by atoms with Crippen LogP contribution in [0.1, 0.15) is 29.0 Å². The van der Waals surface area contributed by atoms with E-state index in [1.165, 1.54) is 29.3 Å². The van der Waals surface area contributed by atoms with Gasteiger partial charge in [0.05, 0.1) is 18.6 Å². The molecule has 2 heterocycles. The molecule has 0 saturated heterocycles. The van der Waals surface area contributed by atoms with Gasteiger partial charge in [0, 0.05) is 22.7 Å². The summed E-state index contributed by atoms with van der Waals surface area (Å²) in [5, 5.41) is 11.1. The van der Waals surface area contributed by atoms with E-state index in [9.17, 15) is 14.9 Å². The van der Waals surface area contributed by atoms with Crippen molar-refractivity contribution in [1.82, 2.24) is 8.94 Å². The van der Waals surface area contributed by atoms with Gasteiger partial charge in [-0.1, -0.05) is 0 Å². The van der Waals surface area contributed by atoms with Crippen molar-refractivity contribution in [3.63, 3.8) is 0 Å². The summed E-state index contributed by atoms with van der Waals surface area (Å²) in [5.74, 6) is 0.493. The van der Waals surface area contributed by atoms with Crippen molar-refractivity contribution in [2.75, 3.05) is 7.11 Å². The molecule has 2 aromatic heterocycles. The lowest BCUT2D eigenvalue weighted by atomic mass is 9.95. The molecule has 3 rings (SSSR count). The van der Waals surface area contributed by atoms with Crippen molar-refractivity contribution >= 4 is 17.2 Å². The van der Waals surface area contributed by atoms with E-state index in [2.05, 4.69) is 4.37 Å². The smallest absolute Gasteiger partial charge is 0.334 e. The lowest BCUT2D eigenvalue weighted by molar-refractivity contribution is -0.386. The van der Waals surface area contributed by atoms with E-state index < -0.39 is 10.5 Å². The molecule has 1 aliphatic rings. The first kappa shape index (κ1) is 14.7. The van der Waals surface area contributed by atoms with Crippen molar-refractivity contribution < 1.29 is 9.66 Å². The zero-order chi connectivity index (χ0) is 15.7. The fourth-order valence-electron chi connectivity index (χ4n) is 2.78. The molecule has 0 atom stereocenters. The molecule has 0 saturated carbocycles. The standard InChI is InChI=1S/C14H15N3O4S/c1-21-13-7-10(22-15-13)8-16-11-5-3-2-4-9(11)6-12(14(16)18)17(19)20/h6-7H,2-5,8H2,1H3. The Labute approximate surface area is 130 Å². The van der Waals surface area contributed by atoms with Gasteiger partial charge in [-0.2, -0.15) is 4.37 Å². The van der Waals surface area contributed by atoms with Gasteiger partial charge in [-0.3, -0.25) is 14.9 Å². The second kappa shape index (κ2) is 5.88. The van der Waals surface area contributed by atoms with Gasteiger partial charge in [0.25, 0.3) is 0 Å². The lowest BCUT2D eigenvalue weighted by Crippen LogP contribution is -2.28. The van der Waals surface area contributed by atoms with Crippen molar-refractivity contribution in [3.05, 3.63) is 48.7 Å². The molecule has 0 aliphatic heterocycles. The number of pyridine rings is 1. The summed E-state index contributed by atoms with van der Waals surface area (Å²) >= 11 is 1.24. The highest BCUT2D eigenvalue weighted by molar-refractivity contribution is 7.05. The molecular weight excluding hydrogens is 306 g/mol. The van der Waals surface area contributed by atoms with Crippen LogP contribution in [-0.4, -0.2) is 21.0 Å². The van der Waals surface area contributed by atoms with Gasteiger partial charge < -0.3 is 9.30 Å². The van der Waals surface area contributed by atoms with Crippen LogP contribution in [0.25, 0.3) is 0 Å². The van der Waals surface area contributed by atoms with Crippen LogP contribution in [0.3, 0.4) is 0 Å². The van der Waals surface area contributed by atoms with Crippen LogP contribution in [0.5, 0.6) is 5.88 Å². The van der Waals surface area contributed by atoms with Crippen LogP contribution < -0.4 is 10.3 Å². The fraction of sp³-hybridized carbons (Fsp3) is 0.429. The number of rotatable bonds is 4. The van der Waals surface area contributed by atoms with E-state index in [0.29, 0.717) is 12.4 Å². The number of aromatic nitrogens is 2. The van der Waals surface area contributed by atoms with Crippen LogP contribution in [0, 0.1) is 10.1 Å². The maximum absolute atomic E-state index is 12.4. The van der Waals surface area contributed by atoms with Crippen molar-refractivity contribution in [2.45, 2.75) is 32.2 Å². The third kappa shape index (κ3) is 2.61. The average Bonchev–Trinajstić information content (AvgIpc) is 2.97. The summed E-state index contributed by atoms with van der Waals surface area (Å²) in [7, 11) is 1.53. The quantitative estimate of drug-likeness (QED) is 0.636. The average molecular weight is 321 g/mol. The second-order valence-electron chi connectivity index (χ2n) is 5.19. The number of fused-ring (bicyclic) bond motifs is 1. The summed E-state index contributed by atoms with van der Waals surface area (Å²) < 4.78 is 10.7. The van der Waals surface area contributed by atoms with Gasteiger partial charge in [0.1, 0.15) is 0 Å². The first-order valence-electron chi connectivity index (χ1n) is 6.99. The molecule has 0 radical (unpaired) electrons. The zero-order valence-corrected chi connectivity index (χ0v) is 12.9. The Morgan fingerprint density at radius 3 is 2.86 bits per heavy atom. The van der Waals surface area contributed by atoms with E-state index >= 15 is 0 Å². The molecule has 0 aromatic carbocycles. The third-order valence-corrected chi connectivity index (χ3v) is 4.59. The number of nitrogens with zero attached hydrogens (tertiary/aromatic N) is 3. The maximum Gasteiger partial charge on any atom is 0.334 e. The van der Waals surface area contributed by atoms with E-state index in [-0.39, 0.29) is 5.69 Å². The Morgan fingerprint density at radius 2 is 2.18 bits per heavy atom. The number of aryl methyl sites for hydroxylation is 1. The van der Waals surface area contributed by atoms with E-state index in [0.717, 1.165) is 41.8 Å². The van der Waals surface area contributed by atoms with Crippen molar-refractivity contribution in [1.29, 1.82) is 0 Å². The SMILES string of the molecule is COc1cc(Cn2c3c(cc([N+](=O)[O-])c2=O)CCCC3)sn1. The van der Waals surface area contributed by atoms with Crippen molar-refractivity contribution in [3.8, 4) is 5.88 Å². The molecule has 7 nitrogen and oxygen atoms in total. The summed E-state index contributed by atoms with van der Waals surface area (Å²) in [5.41, 5.74) is 0.929. The Kier molecular flexibility index (Phi) is 3.93. The topological polar surface area (TPSA) is 87.3 Å². The molecular formula is C14H15N3O4S. The number of methoxy groups -OCH3 is 1. The van der Waals surface area contributed by atoms with E-state index in [1.807, 2.05) is 0 Å². The highest BCUT2D eigenvalue weighted by Gasteiger charge is 2.23. The Bertz CT molecular complexity index is 781. The molecule has 0 N–H and O–H groups in total. The second-order valence-corrected chi connectivity index (χ2v) is 6.08. The summed E-state index contributed by atoms with van der Waals surface area (Å²) in [6, 6.07) is 3.20. The lowest BCUT2D eigenvalue weighted by Gasteiger charge is -2.20. The van der Waals surface area contributed by atoms with Crippen LogP contribution >= 0.6 is 11.5 Å². The van der Waals surface area contributed by atoms with Gasteiger partial charge in [-0.25, -0.2) is 0 Å². The molecule has 0 spiro atoms. The van der Waals surface area contributed by atoms with Crippen molar-refractivity contribution in [2.24, 2.45) is 0 Å². The number of hydrogen-bond donors (Lipinski definition) is 0. The van der Waals surface area contributed by atoms with E-state index in [4.69, 9.17) is 4.74 Å². The Morgan fingerprint density at radius 1 is 1.41 bits per heavy atom. The highest BCUT2D eigenvalue weighted by atomic mass is 32.1. The predicted molar refractivity (Wildman–Crippen MR) is 81.8 cm³/mol. The normalized spacial score (nSPS) is 13.7. The van der Waals surface area contributed by atoms with Gasteiger partial charge >= 0.3 is 11.2 Å². The summed E-state index contributed by atoms with van der Waals surface area (Å²) in [6.07, 6.45) is 3.55. The maximum atomic E-state index is 12.4. The zero-order valence-electron chi connectivity index (χ0n) is 12.1. The summed E-state index contributed by atoms with van der Waals surface area (Å²) in [4.78, 5) is 23.8. The summed E-state index contributed by atoms with van der Waals surface area (Å²) in [6.45, 7) is 0.296.